The maximum Gasteiger partial charge on any atom is 0.337 e. The molecular formula is C20H24N2O4S. The van der Waals surface area contributed by atoms with E-state index < -0.39 is 16.0 Å². The molecule has 0 radical (unpaired) electrons. The topological polar surface area (TPSA) is 66.9 Å². The fourth-order valence-electron chi connectivity index (χ4n) is 3.28. The number of carbonyl (C=O) groups excluding carboxylic acids is 1. The Kier molecular flexibility index (Phi) is 5.53. The predicted octanol–water partition coefficient (Wildman–Crippen LogP) is 2.60. The number of carbonyl (C=O) groups is 1. The van der Waals surface area contributed by atoms with Crippen LogP contribution in [-0.2, 0) is 14.8 Å². The number of sulfonamides is 1. The van der Waals surface area contributed by atoms with Crippen LogP contribution in [0.2, 0.25) is 0 Å². The third-order valence-electron chi connectivity index (χ3n) is 5.07. The van der Waals surface area contributed by atoms with Crippen molar-refractivity contribution in [2.24, 2.45) is 0 Å². The van der Waals surface area contributed by atoms with E-state index in [1.807, 2.05) is 6.07 Å². The highest BCUT2D eigenvalue weighted by Crippen LogP contribution is 2.25. The molecule has 2 aromatic carbocycles. The average molecular weight is 388 g/mol. The van der Waals surface area contributed by atoms with Crippen molar-refractivity contribution in [1.29, 1.82) is 0 Å². The van der Waals surface area contributed by atoms with Crippen LogP contribution in [0.4, 0.5) is 5.69 Å². The zero-order valence-corrected chi connectivity index (χ0v) is 16.6. The van der Waals surface area contributed by atoms with E-state index in [0.29, 0.717) is 31.7 Å². The second-order valence-corrected chi connectivity index (χ2v) is 8.56. The summed E-state index contributed by atoms with van der Waals surface area (Å²) in [5, 5.41) is 0. The van der Waals surface area contributed by atoms with Gasteiger partial charge in [-0.3, -0.25) is 0 Å². The lowest BCUT2D eigenvalue weighted by molar-refractivity contribution is 0.0600. The minimum Gasteiger partial charge on any atom is -0.465 e. The van der Waals surface area contributed by atoms with E-state index in [1.54, 1.807) is 0 Å². The fraction of sp³-hybridized carbons (Fsp3) is 0.350. The van der Waals surface area contributed by atoms with Gasteiger partial charge in [0.2, 0.25) is 10.0 Å². The summed E-state index contributed by atoms with van der Waals surface area (Å²) in [4.78, 5) is 13.9. The molecular weight excluding hydrogens is 364 g/mol. The van der Waals surface area contributed by atoms with Crippen molar-refractivity contribution in [2.75, 3.05) is 38.2 Å². The molecule has 0 aliphatic carbocycles. The number of anilines is 1. The van der Waals surface area contributed by atoms with Crippen molar-refractivity contribution < 1.29 is 17.9 Å². The number of rotatable bonds is 4. The van der Waals surface area contributed by atoms with E-state index in [9.17, 15) is 13.2 Å². The molecule has 0 atom stereocenters. The Morgan fingerprint density at radius 3 is 2.19 bits per heavy atom. The highest BCUT2D eigenvalue weighted by molar-refractivity contribution is 7.89. The number of ether oxygens (including phenoxy) is 1. The maximum absolute atomic E-state index is 12.9. The summed E-state index contributed by atoms with van der Waals surface area (Å²) in [6.45, 7) is 6.31. The second-order valence-electron chi connectivity index (χ2n) is 6.63. The molecule has 6 nitrogen and oxygen atoms in total. The van der Waals surface area contributed by atoms with Gasteiger partial charge < -0.3 is 9.64 Å². The Morgan fingerprint density at radius 2 is 1.59 bits per heavy atom. The number of esters is 1. The van der Waals surface area contributed by atoms with Gasteiger partial charge in [0.25, 0.3) is 0 Å². The molecule has 0 aromatic heterocycles. The van der Waals surface area contributed by atoms with Crippen LogP contribution >= 0.6 is 0 Å². The Balaban J connectivity index is 1.73. The first-order valence-electron chi connectivity index (χ1n) is 8.84. The van der Waals surface area contributed by atoms with E-state index in [1.165, 1.54) is 46.8 Å². The number of hydrogen-bond donors (Lipinski definition) is 0. The van der Waals surface area contributed by atoms with Gasteiger partial charge in [0.15, 0.2) is 0 Å². The summed E-state index contributed by atoms with van der Waals surface area (Å²) in [7, 11) is -2.29. The predicted molar refractivity (Wildman–Crippen MR) is 105 cm³/mol. The first-order valence-corrected chi connectivity index (χ1v) is 10.3. The number of nitrogens with zero attached hydrogens (tertiary/aromatic N) is 2. The van der Waals surface area contributed by atoms with Gasteiger partial charge >= 0.3 is 5.97 Å². The van der Waals surface area contributed by atoms with Crippen molar-refractivity contribution in [3.63, 3.8) is 0 Å². The van der Waals surface area contributed by atoms with E-state index in [-0.39, 0.29) is 4.90 Å². The van der Waals surface area contributed by atoms with E-state index in [0.717, 1.165) is 5.69 Å². The van der Waals surface area contributed by atoms with Crippen molar-refractivity contribution in [1.82, 2.24) is 4.31 Å². The summed E-state index contributed by atoms with van der Waals surface area (Å²) in [6, 6.07) is 12.1. The van der Waals surface area contributed by atoms with Gasteiger partial charge in [-0.1, -0.05) is 12.1 Å². The lowest BCUT2D eigenvalue weighted by atomic mass is 10.1. The van der Waals surface area contributed by atoms with Crippen molar-refractivity contribution in [3.05, 3.63) is 59.2 Å². The maximum atomic E-state index is 12.9. The fourth-order valence-corrected chi connectivity index (χ4v) is 4.70. The molecule has 2 aromatic rings. The number of aryl methyl sites for hydroxylation is 1. The molecule has 0 spiro atoms. The minimum absolute atomic E-state index is 0.190. The first-order chi connectivity index (χ1) is 12.8. The molecule has 1 fully saturated rings. The van der Waals surface area contributed by atoms with Crippen LogP contribution in [0.25, 0.3) is 0 Å². The number of benzene rings is 2. The molecule has 1 aliphatic rings. The van der Waals surface area contributed by atoms with Crippen LogP contribution in [0.5, 0.6) is 0 Å². The quantitative estimate of drug-likeness (QED) is 0.753. The number of methoxy groups -OCH3 is 1. The van der Waals surface area contributed by atoms with Gasteiger partial charge in [-0.05, 0) is 55.3 Å². The summed E-state index contributed by atoms with van der Waals surface area (Å²) in [5.74, 6) is -0.485. The largest absolute Gasteiger partial charge is 0.465 e. The molecule has 144 valence electrons. The smallest absolute Gasteiger partial charge is 0.337 e. The second kappa shape index (κ2) is 7.70. The number of piperazine rings is 1. The van der Waals surface area contributed by atoms with Gasteiger partial charge in [0.05, 0.1) is 17.6 Å². The van der Waals surface area contributed by atoms with Crippen molar-refractivity contribution in [3.8, 4) is 0 Å². The SMILES string of the molecule is COC(=O)c1ccc(S(=O)(=O)N2CCN(c3cccc(C)c3C)CC2)cc1. The van der Waals surface area contributed by atoms with Gasteiger partial charge in [-0.15, -0.1) is 0 Å². The molecule has 0 bridgehead atoms. The highest BCUT2D eigenvalue weighted by atomic mass is 32.2. The summed E-state index contributed by atoms with van der Waals surface area (Å²) in [5.41, 5.74) is 3.95. The van der Waals surface area contributed by atoms with Crippen LogP contribution in [-0.4, -0.2) is 52.0 Å². The van der Waals surface area contributed by atoms with Crippen LogP contribution in [0.15, 0.2) is 47.4 Å². The molecule has 7 heteroatoms. The molecule has 27 heavy (non-hydrogen) atoms. The molecule has 1 aliphatic heterocycles. The Bertz CT molecular complexity index is 931. The van der Waals surface area contributed by atoms with E-state index >= 15 is 0 Å². The molecule has 0 saturated carbocycles. The summed E-state index contributed by atoms with van der Waals surface area (Å²) in [6.07, 6.45) is 0. The average Bonchev–Trinajstić information content (AvgIpc) is 2.69. The summed E-state index contributed by atoms with van der Waals surface area (Å²) >= 11 is 0. The van der Waals surface area contributed by atoms with Crippen LogP contribution in [0.3, 0.4) is 0 Å². The van der Waals surface area contributed by atoms with Crippen LogP contribution < -0.4 is 4.90 Å². The van der Waals surface area contributed by atoms with E-state index in [4.69, 9.17) is 0 Å². The third-order valence-corrected chi connectivity index (χ3v) is 6.98. The molecule has 0 amide bonds. The Hall–Kier alpha value is -2.38. The van der Waals surface area contributed by atoms with Gasteiger partial charge in [0.1, 0.15) is 0 Å². The van der Waals surface area contributed by atoms with Crippen molar-refractivity contribution >= 4 is 21.7 Å². The highest BCUT2D eigenvalue weighted by Gasteiger charge is 2.29. The summed E-state index contributed by atoms with van der Waals surface area (Å²) < 4.78 is 31.9. The zero-order valence-electron chi connectivity index (χ0n) is 15.8. The van der Waals surface area contributed by atoms with E-state index in [2.05, 4.69) is 35.6 Å². The monoisotopic (exact) mass is 388 g/mol. The normalized spacial score (nSPS) is 15.6. The minimum atomic E-state index is -3.58. The standard InChI is InChI=1S/C20H24N2O4S/c1-15-5-4-6-19(16(15)2)21-11-13-22(14-12-21)27(24,25)18-9-7-17(8-10-18)20(23)26-3/h4-10H,11-14H2,1-3H3. The third kappa shape index (κ3) is 3.84. The van der Waals surface area contributed by atoms with Gasteiger partial charge in [-0.2, -0.15) is 4.31 Å². The molecule has 0 unspecified atom stereocenters. The molecule has 3 rings (SSSR count). The first kappa shape index (κ1) is 19.4. The Labute approximate surface area is 160 Å². The molecule has 0 N–H and O–H groups in total. The Morgan fingerprint density at radius 1 is 0.963 bits per heavy atom. The van der Waals surface area contributed by atoms with Crippen LogP contribution in [0.1, 0.15) is 21.5 Å². The molecule has 1 saturated heterocycles. The zero-order chi connectivity index (χ0) is 19.6. The molecule has 1 heterocycles. The lowest BCUT2D eigenvalue weighted by Crippen LogP contribution is -2.48. The number of hydrogen-bond acceptors (Lipinski definition) is 5. The van der Waals surface area contributed by atoms with Gasteiger partial charge in [0, 0.05) is 31.9 Å². The van der Waals surface area contributed by atoms with Gasteiger partial charge in [-0.25, -0.2) is 13.2 Å². The van der Waals surface area contributed by atoms with Crippen LogP contribution in [0, 0.1) is 13.8 Å². The van der Waals surface area contributed by atoms with Crippen molar-refractivity contribution in [2.45, 2.75) is 18.7 Å². The lowest BCUT2D eigenvalue weighted by Gasteiger charge is -2.36.